The lowest BCUT2D eigenvalue weighted by atomic mass is 10.0. The molecule has 2 atom stereocenters. The van der Waals surface area contributed by atoms with Gasteiger partial charge < -0.3 is 14.8 Å². The fourth-order valence-electron chi connectivity index (χ4n) is 3.12. The van der Waals surface area contributed by atoms with Crippen molar-refractivity contribution in [2.75, 3.05) is 5.32 Å². The molecule has 0 spiro atoms. The van der Waals surface area contributed by atoms with Crippen LogP contribution in [0.2, 0.25) is 5.02 Å². The molecule has 3 aromatic carbocycles. The van der Waals surface area contributed by atoms with Crippen molar-refractivity contribution < 1.29 is 28.8 Å². The van der Waals surface area contributed by atoms with Crippen LogP contribution in [0.3, 0.4) is 0 Å². The summed E-state index contributed by atoms with van der Waals surface area (Å²) in [5.74, 6) is -0.226. The van der Waals surface area contributed by atoms with Crippen molar-refractivity contribution >= 4 is 23.3 Å². The van der Waals surface area contributed by atoms with Gasteiger partial charge in [0.05, 0.1) is 17.6 Å². The van der Waals surface area contributed by atoms with Crippen molar-refractivity contribution in [3.05, 3.63) is 88.9 Å². The highest BCUT2D eigenvalue weighted by Crippen LogP contribution is 2.34. The molecule has 182 valence electrons. The average molecular weight is 504 g/mol. The van der Waals surface area contributed by atoms with E-state index in [1.807, 2.05) is 24.3 Å². The molecule has 9 heteroatoms. The first-order valence-corrected chi connectivity index (χ1v) is 10.9. The Morgan fingerprint density at radius 2 is 1.77 bits per heavy atom. The van der Waals surface area contributed by atoms with Gasteiger partial charge in [0, 0.05) is 5.56 Å². The summed E-state index contributed by atoms with van der Waals surface area (Å²) in [5, 5.41) is 12.0. The summed E-state index contributed by atoms with van der Waals surface area (Å²) in [5.41, 5.74) is -0.850. The number of para-hydroxylation sites is 1. The number of ether oxygens (including phenoxy) is 2. The second-order valence-electron chi connectivity index (χ2n) is 7.91. The Bertz CT molecular complexity index is 1240. The molecule has 0 aromatic heterocycles. The molecule has 0 aliphatic heterocycles. The minimum absolute atomic E-state index is 0.146. The Morgan fingerprint density at radius 1 is 1.09 bits per heavy atom. The molecule has 35 heavy (non-hydrogen) atoms. The van der Waals surface area contributed by atoms with Crippen LogP contribution in [0.15, 0.2) is 72.8 Å². The van der Waals surface area contributed by atoms with Crippen LogP contribution in [0.4, 0.5) is 18.9 Å². The number of halogens is 4. The second kappa shape index (κ2) is 11.2. The van der Waals surface area contributed by atoms with Crippen LogP contribution in [0.1, 0.15) is 32.4 Å². The Labute approximate surface area is 207 Å². The summed E-state index contributed by atoms with van der Waals surface area (Å²) in [6, 6.07) is 17.1. The van der Waals surface area contributed by atoms with Crippen LogP contribution in [0, 0.1) is 17.2 Å². The van der Waals surface area contributed by atoms with Gasteiger partial charge in [0.2, 0.25) is 6.10 Å². The normalized spacial score (nSPS) is 13.4. The number of hydrogen-bond donors (Lipinski definition) is 1. The largest absolute Gasteiger partial charge is 0.457 e. The van der Waals surface area contributed by atoms with Crippen molar-refractivity contribution in [1.29, 1.82) is 5.26 Å². The minimum Gasteiger partial charge on any atom is -0.457 e. The molecule has 0 amide bonds. The Morgan fingerprint density at radius 3 is 2.37 bits per heavy atom. The first kappa shape index (κ1) is 24.4. The Balaban J connectivity index is 1.79. The van der Waals surface area contributed by atoms with Gasteiger partial charge >= 0.3 is 12.1 Å². The number of carbonyl (C=O) groups is 1. The topological polar surface area (TPSA) is 71.3 Å². The number of nitriles is 1. The number of alkyl halides is 3. The zero-order chi connectivity index (χ0) is 26.5. The van der Waals surface area contributed by atoms with Gasteiger partial charge in [-0.1, -0.05) is 55.8 Å². The number of carbonyl (C=O) groups excluding carboxylic acids is 1. The molecule has 5 nitrogen and oxygen atoms in total. The predicted molar refractivity (Wildman–Crippen MR) is 126 cm³/mol. The number of esters is 1. The molecule has 0 radical (unpaired) electrons. The van der Waals surface area contributed by atoms with E-state index in [9.17, 15) is 23.2 Å². The van der Waals surface area contributed by atoms with Gasteiger partial charge in [-0.05, 0) is 48.4 Å². The Hall–Kier alpha value is -3.70. The minimum atomic E-state index is -4.67. The lowest BCUT2D eigenvalue weighted by Gasteiger charge is -2.24. The standard InChI is InChI=1S/C26H22ClF3N2O3/c1-16(2)24(32-22-12-11-18(14-21(22)27)26(28,29)30)25(33)35-23(15-31)17-7-6-10-20(13-17)34-19-8-4-3-5-9-19/h3-14,16,23-24,32H,1-2H3/t23?,24-/m0/s1/i12D. The lowest BCUT2D eigenvalue weighted by molar-refractivity contribution is -0.149. The van der Waals surface area contributed by atoms with Crippen molar-refractivity contribution in [1.82, 2.24) is 0 Å². The summed E-state index contributed by atoms with van der Waals surface area (Å²) >= 11 is 6.01. The quantitative estimate of drug-likeness (QED) is 0.324. The fraction of sp³-hybridized carbons (Fsp3) is 0.231. The van der Waals surface area contributed by atoms with Crippen LogP contribution in [0.25, 0.3) is 0 Å². The molecule has 0 bridgehead atoms. The molecule has 0 heterocycles. The van der Waals surface area contributed by atoms with Crippen LogP contribution >= 0.6 is 11.6 Å². The third-order valence-electron chi connectivity index (χ3n) is 4.93. The van der Waals surface area contributed by atoms with Crippen LogP contribution in [-0.4, -0.2) is 12.0 Å². The molecular formula is C26H22ClF3N2O3. The van der Waals surface area contributed by atoms with Crippen molar-refractivity contribution in [2.45, 2.75) is 32.2 Å². The van der Waals surface area contributed by atoms with E-state index in [2.05, 4.69) is 5.32 Å². The fourth-order valence-corrected chi connectivity index (χ4v) is 3.35. The van der Waals surface area contributed by atoms with Crippen molar-refractivity contribution in [3.63, 3.8) is 0 Å². The van der Waals surface area contributed by atoms with Crippen molar-refractivity contribution in [2.24, 2.45) is 5.92 Å². The van der Waals surface area contributed by atoms with Gasteiger partial charge in [-0.25, -0.2) is 4.79 Å². The van der Waals surface area contributed by atoms with E-state index in [1.54, 1.807) is 50.2 Å². The van der Waals surface area contributed by atoms with E-state index >= 15 is 0 Å². The highest BCUT2D eigenvalue weighted by Gasteiger charge is 2.32. The maximum atomic E-state index is 13.0. The van der Waals surface area contributed by atoms with E-state index in [1.165, 1.54) is 0 Å². The van der Waals surface area contributed by atoms with Gasteiger partial charge in [-0.15, -0.1) is 0 Å². The Kier molecular flexibility index (Phi) is 7.78. The van der Waals surface area contributed by atoms with Crippen LogP contribution < -0.4 is 10.1 Å². The molecule has 3 aromatic rings. The molecule has 3 rings (SSSR count). The van der Waals surface area contributed by atoms with Crippen LogP contribution in [-0.2, 0) is 15.7 Å². The highest BCUT2D eigenvalue weighted by molar-refractivity contribution is 6.33. The van der Waals surface area contributed by atoms with E-state index in [0.29, 0.717) is 29.2 Å². The van der Waals surface area contributed by atoms with E-state index < -0.39 is 41.8 Å². The molecule has 0 saturated heterocycles. The third-order valence-corrected chi connectivity index (χ3v) is 5.23. The number of nitrogens with one attached hydrogen (secondary N) is 1. The monoisotopic (exact) mass is 503 g/mol. The maximum Gasteiger partial charge on any atom is 0.416 e. The molecule has 0 fully saturated rings. The molecule has 1 unspecified atom stereocenters. The predicted octanol–water partition coefficient (Wildman–Crippen LogP) is 7.40. The number of benzene rings is 3. The van der Waals surface area contributed by atoms with Gasteiger partial charge in [-0.2, -0.15) is 18.4 Å². The summed E-state index contributed by atoms with van der Waals surface area (Å²) in [7, 11) is 0. The average Bonchev–Trinajstić information content (AvgIpc) is 2.82. The smallest absolute Gasteiger partial charge is 0.416 e. The number of nitrogens with zero attached hydrogens (tertiary/aromatic N) is 1. The lowest BCUT2D eigenvalue weighted by Crippen LogP contribution is -2.36. The van der Waals surface area contributed by atoms with Gasteiger partial charge in [0.25, 0.3) is 0 Å². The second-order valence-corrected chi connectivity index (χ2v) is 8.32. The maximum absolute atomic E-state index is 13.0. The van der Waals surface area contributed by atoms with E-state index in [0.717, 1.165) is 0 Å². The number of anilines is 1. The van der Waals surface area contributed by atoms with E-state index in [-0.39, 0.29) is 10.7 Å². The molecule has 0 aliphatic rings. The zero-order valence-corrected chi connectivity index (χ0v) is 19.5. The SMILES string of the molecule is [2H]c1cc(C(F)(F)F)cc(Cl)c1N[C@H](C(=O)OC(C#N)c1cccc(Oc2ccccc2)c1)C(C)C. The summed E-state index contributed by atoms with van der Waals surface area (Å²) in [6.07, 6.45) is -5.95. The van der Waals surface area contributed by atoms with Gasteiger partial charge in [0.1, 0.15) is 23.6 Å². The molecular weight excluding hydrogens is 481 g/mol. The molecule has 1 N–H and O–H groups in total. The third kappa shape index (κ3) is 6.90. The first-order chi connectivity index (χ1) is 17.0. The zero-order valence-electron chi connectivity index (χ0n) is 19.8. The highest BCUT2D eigenvalue weighted by atomic mass is 35.5. The first-order valence-electron chi connectivity index (χ1n) is 11.1. The molecule has 0 saturated carbocycles. The van der Waals surface area contributed by atoms with Crippen molar-refractivity contribution in [3.8, 4) is 17.6 Å². The van der Waals surface area contributed by atoms with Crippen LogP contribution in [0.5, 0.6) is 11.5 Å². The van der Waals surface area contributed by atoms with E-state index in [4.69, 9.17) is 22.4 Å². The van der Waals surface area contributed by atoms with Gasteiger partial charge in [-0.3, -0.25) is 0 Å². The summed E-state index contributed by atoms with van der Waals surface area (Å²) < 4.78 is 58.2. The number of rotatable bonds is 8. The van der Waals surface area contributed by atoms with Gasteiger partial charge in [0.15, 0.2) is 0 Å². The summed E-state index contributed by atoms with van der Waals surface area (Å²) in [4.78, 5) is 13.0. The number of hydrogen-bond acceptors (Lipinski definition) is 5. The molecule has 0 aliphatic carbocycles. The summed E-state index contributed by atoms with van der Waals surface area (Å²) in [6.45, 7) is 3.35.